The van der Waals surface area contributed by atoms with Crippen LogP contribution in [0.1, 0.15) is 17.2 Å². The van der Waals surface area contributed by atoms with E-state index in [0.717, 1.165) is 12.1 Å². The van der Waals surface area contributed by atoms with Gasteiger partial charge in [-0.2, -0.15) is 13.2 Å². The van der Waals surface area contributed by atoms with Crippen LogP contribution in [0.15, 0.2) is 24.3 Å². The SMILES string of the molecule is O=[N+]([O-])CC(O)c1cccc(C(F)(F)F)c1. The second kappa shape index (κ2) is 4.48. The van der Waals surface area contributed by atoms with Crippen LogP contribution in [0.4, 0.5) is 13.2 Å². The molecule has 7 heteroatoms. The molecule has 0 aliphatic carbocycles. The zero-order valence-electron chi connectivity index (χ0n) is 7.94. The average Bonchev–Trinajstić information content (AvgIpc) is 2.15. The Balaban J connectivity index is 2.94. The minimum atomic E-state index is -4.52. The van der Waals surface area contributed by atoms with Gasteiger partial charge in [-0.3, -0.25) is 10.1 Å². The summed E-state index contributed by atoms with van der Waals surface area (Å²) in [5.74, 6) is 0. The predicted molar refractivity (Wildman–Crippen MR) is 48.3 cm³/mol. The summed E-state index contributed by atoms with van der Waals surface area (Å²) in [6.07, 6.45) is -6.05. The molecule has 4 nitrogen and oxygen atoms in total. The number of nitrogens with zero attached hydrogens (tertiary/aromatic N) is 1. The monoisotopic (exact) mass is 235 g/mol. The molecular formula is C9H8F3NO3. The van der Waals surface area contributed by atoms with Gasteiger partial charge in [0.1, 0.15) is 6.10 Å². The minimum absolute atomic E-state index is 0.119. The summed E-state index contributed by atoms with van der Waals surface area (Å²) in [6.45, 7) is -0.818. The molecule has 1 N–H and O–H groups in total. The molecule has 0 spiro atoms. The molecule has 88 valence electrons. The summed E-state index contributed by atoms with van der Waals surface area (Å²) < 4.78 is 36.8. The molecule has 1 unspecified atom stereocenters. The Morgan fingerprint density at radius 2 is 2.06 bits per heavy atom. The van der Waals surface area contributed by atoms with Crippen LogP contribution in [0, 0.1) is 10.1 Å². The molecule has 0 radical (unpaired) electrons. The lowest BCUT2D eigenvalue weighted by atomic mass is 10.1. The van der Waals surface area contributed by atoms with Crippen LogP contribution >= 0.6 is 0 Å². The van der Waals surface area contributed by atoms with Crippen molar-refractivity contribution in [1.82, 2.24) is 0 Å². The molecule has 1 rings (SSSR count). The number of benzene rings is 1. The fourth-order valence-electron chi connectivity index (χ4n) is 1.17. The fraction of sp³-hybridized carbons (Fsp3) is 0.333. The third-order valence-electron chi connectivity index (χ3n) is 1.92. The fourth-order valence-corrected chi connectivity index (χ4v) is 1.17. The Labute approximate surface area is 88.5 Å². The Kier molecular flexibility index (Phi) is 3.48. The van der Waals surface area contributed by atoms with Crippen molar-refractivity contribution in [2.24, 2.45) is 0 Å². The van der Waals surface area contributed by atoms with Gasteiger partial charge in [0.15, 0.2) is 0 Å². The molecule has 0 bridgehead atoms. The maximum absolute atomic E-state index is 12.3. The third kappa shape index (κ3) is 3.20. The number of nitro groups is 1. The number of alkyl halides is 3. The molecule has 1 aromatic carbocycles. The lowest BCUT2D eigenvalue weighted by Gasteiger charge is -2.10. The molecule has 16 heavy (non-hydrogen) atoms. The Morgan fingerprint density at radius 3 is 2.56 bits per heavy atom. The van der Waals surface area contributed by atoms with Gasteiger partial charge in [-0.25, -0.2) is 0 Å². The van der Waals surface area contributed by atoms with Gasteiger partial charge in [0, 0.05) is 4.92 Å². The van der Waals surface area contributed by atoms with Crippen LogP contribution in [0.3, 0.4) is 0 Å². The molecule has 0 heterocycles. The summed E-state index contributed by atoms with van der Waals surface area (Å²) in [6, 6.07) is 3.85. The summed E-state index contributed by atoms with van der Waals surface area (Å²) in [5.41, 5.74) is -1.06. The van der Waals surface area contributed by atoms with Crippen LogP contribution < -0.4 is 0 Å². The van der Waals surface area contributed by atoms with E-state index in [1.165, 1.54) is 6.07 Å². The number of hydrogen-bond acceptors (Lipinski definition) is 3. The van der Waals surface area contributed by atoms with Crippen molar-refractivity contribution in [1.29, 1.82) is 0 Å². The highest BCUT2D eigenvalue weighted by atomic mass is 19.4. The normalized spacial score (nSPS) is 13.5. The van der Waals surface area contributed by atoms with E-state index in [1.54, 1.807) is 0 Å². The van der Waals surface area contributed by atoms with Crippen LogP contribution in [-0.4, -0.2) is 16.6 Å². The highest BCUT2D eigenvalue weighted by Crippen LogP contribution is 2.30. The van der Waals surface area contributed by atoms with Gasteiger partial charge in [0.05, 0.1) is 5.56 Å². The lowest BCUT2D eigenvalue weighted by molar-refractivity contribution is -0.491. The number of rotatable bonds is 3. The molecule has 0 aliphatic rings. The molecule has 0 saturated carbocycles. The van der Waals surface area contributed by atoms with Crippen LogP contribution in [0.2, 0.25) is 0 Å². The van der Waals surface area contributed by atoms with Crippen molar-refractivity contribution in [3.8, 4) is 0 Å². The Bertz CT molecular complexity index is 392. The van der Waals surface area contributed by atoms with Gasteiger partial charge in [-0.15, -0.1) is 0 Å². The average molecular weight is 235 g/mol. The first-order chi connectivity index (χ1) is 7.30. The third-order valence-corrected chi connectivity index (χ3v) is 1.92. The minimum Gasteiger partial charge on any atom is -0.382 e. The second-order valence-corrected chi connectivity index (χ2v) is 3.15. The summed E-state index contributed by atoms with van der Waals surface area (Å²) >= 11 is 0. The first kappa shape index (κ1) is 12.4. The summed E-state index contributed by atoms with van der Waals surface area (Å²) in [5, 5.41) is 19.4. The van der Waals surface area contributed by atoms with E-state index in [9.17, 15) is 28.4 Å². The summed E-state index contributed by atoms with van der Waals surface area (Å²) in [4.78, 5) is 9.30. The zero-order chi connectivity index (χ0) is 12.3. The van der Waals surface area contributed by atoms with E-state index in [-0.39, 0.29) is 5.56 Å². The quantitative estimate of drug-likeness (QED) is 0.643. The van der Waals surface area contributed by atoms with E-state index < -0.39 is 29.3 Å². The van der Waals surface area contributed by atoms with Crippen molar-refractivity contribution in [3.05, 3.63) is 45.5 Å². The van der Waals surface area contributed by atoms with Crippen molar-refractivity contribution in [3.63, 3.8) is 0 Å². The molecule has 0 fully saturated rings. The van der Waals surface area contributed by atoms with Crippen LogP contribution in [-0.2, 0) is 6.18 Å². The lowest BCUT2D eigenvalue weighted by Crippen LogP contribution is -2.13. The van der Waals surface area contributed by atoms with Crippen molar-refractivity contribution in [2.75, 3.05) is 6.54 Å². The van der Waals surface area contributed by atoms with E-state index in [1.807, 2.05) is 0 Å². The molecule has 1 aromatic rings. The molecule has 0 amide bonds. The van der Waals surface area contributed by atoms with E-state index in [4.69, 9.17) is 0 Å². The van der Waals surface area contributed by atoms with Crippen LogP contribution in [0.5, 0.6) is 0 Å². The highest BCUT2D eigenvalue weighted by molar-refractivity contribution is 5.27. The maximum atomic E-state index is 12.3. The molecule has 0 aliphatic heterocycles. The summed E-state index contributed by atoms with van der Waals surface area (Å²) in [7, 11) is 0. The standard InChI is InChI=1S/C9H8F3NO3/c10-9(11,12)7-3-1-2-6(4-7)8(14)5-13(15)16/h1-4,8,14H,5H2. The van der Waals surface area contributed by atoms with Gasteiger partial charge in [0.25, 0.3) is 0 Å². The smallest absolute Gasteiger partial charge is 0.382 e. The van der Waals surface area contributed by atoms with Crippen molar-refractivity contribution in [2.45, 2.75) is 12.3 Å². The molecular weight excluding hydrogens is 227 g/mol. The number of aliphatic hydroxyl groups is 1. The van der Waals surface area contributed by atoms with Crippen molar-refractivity contribution < 1.29 is 23.2 Å². The zero-order valence-corrected chi connectivity index (χ0v) is 7.94. The maximum Gasteiger partial charge on any atom is 0.416 e. The first-order valence-corrected chi connectivity index (χ1v) is 4.27. The van der Waals surface area contributed by atoms with E-state index in [0.29, 0.717) is 6.07 Å². The number of aliphatic hydroxyl groups excluding tert-OH is 1. The Hall–Kier alpha value is -1.63. The van der Waals surface area contributed by atoms with E-state index in [2.05, 4.69) is 0 Å². The van der Waals surface area contributed by atoms with E-state index >= 15 is 0 Å². The van der Waals surface area contributed by atoms with Gasteiger partial charge in [-0.1, -0.05) is 12.1 Å². The predicted octanol–water partition coefficient (Wildman–Crippen LogP) is 2.02. The first-order valence-electron chi connectivity index (χ1n) is 4.27. The highest BCUT2D eigenvalue weighted by Gasteiger charge is 2.31. The number of hydrogen-bond donors (Lipinski definition) is 1. The molecule has 0 saturated heterocycles. The van der Waals surface area contributed by atoms with Crippen molar-refractivity contribution >= 4 is 0 Å². The molecule has 0 aromatic heterocycles. The largest absolute Gasteiger partial charge is 0.416 e. The van der Waals surface area contributed by atoms with Gasteiger partial charge in [-0.05, 0) is 17.7 Å². The van der Waals surface area contributed by atoms with Gasteiger partial charge < -0.3 is 5.11 Å². The number of halogens is 3. The van der Waals surface area contributed by atoms with Gasteiger partial charge in [0.2, 0.25) is 6.54 Å². The topological polar surface area (TPSA) is 63.4 Å². The van der Waals surface area contributed by atoms with Gasteiger partial charge >= 0.3 is 6.18 Å². The van der Waals surface area contributed by atoms with Crippen LogP contribution in [0.25, 0.3) is 0 Å². The second-order valence-electron chi connectivity index (χ2n) is 3.15. The Morgan fingerprint density at radius 1 is 1.44 bits per heavy atom. The molecule has 1 atom stereocenters.